The summed E-state index contributed by atoms with van der Waals surface area (Å²) in [7, 11) is 1.83. The van der Waals surface area contributed by atoms with E-state index in [0.29, 0.717) is 6.54 Å². The van der Waals surface area contributed by atoms with Crippen LogP contribution in [0.2, 0.25) is 0 Å². The molecule has 20 heavy (non-hydrogen) atoms. The molecule has 5 nitrogen and oxygen atoms in total. The van der Waals surface area contributed by atoms with Gasteiger partial charge in [-0.1, -0.05) is 24.3 Å². The number of benzene rings is 1. The van der Waals surface area contributed by atoms with Gasteiger partial charge in [0.1, 0.15) is 5.82 Å². The van der Waals surface area contributed by atoms with Crippen molar-refractivity contribution < 1.29 is 4.79 Å². The van der Waals surface area contributed by atoms with Crippen LogP contribution in [0.5, 0.6) is 0 Å². The molecule has 2 aromatic rings. The molecule has 2 N–H and O–H groups in total. The van der Waals surface area contributed by atoms with E-state index in [-0.39, 0.29) is 11.8 Å². The van der Waals surface area contributed by atoms with Crippen LogP contribution >= 0.6 is 0 Å². The second-order valence-corrected chi connectivity index (χ2v) is 5.17. The van der Waals surface area contributed by atoms with Gasteiger partial charge in [0.25, 0.3) is 0 Å². The van der Waals surface area contributed by atoms with Crippen LogP contribution in [0.25, 0.3) is 0 Å². The van der Waals surface area contributed by atoms with Gasteiger partial charge in [-0.25, -0.2) is 0 Å². The van der Waals surface area contributed by atoms with E-state index in [4.69, 9.17) is 0 Å². The summed E-state index contributed by atoms with van der Waals surface area (Å²) in [4.78, 5) is 12.5. The standard InChI is InChI=1S/C15H18N4O/c1-10-7-14(19(2)18-10)17-15(20)13-9-16-8-11-5-3-4-6-12(11)13/h3-7,13,16H,8-9H2,1-2H3,(H,17,20). The van der Waals surface area contributed by atoms with Gasteiger partial charge in [-0.05, 0) is 18.1 Å². The smallest absolute Gasteiger partial charge is 0.234 e. The zero-order chi connectivity index (χ0) is 14.1. The zero-order valence-corrected chi connectivity index (χ0v) is 11.7. The number of carbonyl (C=O) groups excluding carboxylic acids is 1. The van der Waals surface area contributed by atoms with Gasteiger partial charge in [0.05, 0.1) is 11.6 Å². The summed E-state index contributed by atoms with van der Waals surface area (Å²) in [6, 6.07) is 9.97. The maximum atomic E-state index is 12.5. The first-order chi connectivity index (χ1) is 9.65. The maximum Gasteiger partial charge on any atom is 0.234 e. The molecular formula is C15H18N4O. The van der Waals surface area contributed by atoms with Crippen molar-refractivity contribution in [3.8, 4) is 0 Å². The molecule has 104 valence electrons. The lowest BCUT2D eigenvalue weighted by Gasteiger charge is -2.25. The molecule has 1 amide bonds. The third-order valence-corrected chi connectivity index (χ3v) is 3.66. The molecule has 0 saturated heterocycles. The van der Waals surface area contributed by atoms with Crippen molar-refractivity contribution in [2.24, 2.45) is 7.05 Å². The van der Waals surface area contributed by atoms with E-state index in [1.807, 2.05) is 38.2 Å². The molecule has 2 heterocycles. The highest BCUT2D eigenvalue weighted by Crippen LogP contribution is 2.25. The molecule has 1 aromatic carbocycles. The lowest BCUT2D eigenvalue weighted by Crippen LogP contribution is -2.35. The van der Waals surface area contributed by atoms with Crippen LogP contribution in [-0.4, -0.2) is 22.2 Å². The Morgan fingerprint density at radius 2 is 2.25 bits per heavy atom. The lowest BCUT2D eigenvalue weighted by atomic mass is 9.90. The number of carbonyl (C=O) groups is 1. The number of aryl methyl sites for hydroxylation is 2. The van der Waals surface area contributed by atoms with E-state index in [1.165, 1.54) is 5.56 Å². The monoisotopic (exact) mass is 270 g/mol. The van der Waals surface area contributed by atoms with Crippen LogP contribution < -0.4 is 10.6 Å². The van der Waals surface area contributed by atoms with Gasteiger partial charge in [-0.15, -0.1) is 0 Å². The number of fused-ring (bicyclic) bond motifs is 1. The fraction of sp³-hybridized carbons (Fsp3) is 0.333. The molecule has 0 aliphatic carbocycles. The number of hydrogen-bond acceptors (Lipinski definition) is 3. The molecule has 1 unspecified atom stereocenters. The molecule has 0 radical (unpaired) electrons. The Morgan fingerprint density at radius 3 is 3.00 bits per heavy atom. The van der Waals surface area contributed by atoms with Crippen molar-refractivity contribution in [2.45, 2.75) is 19.4 Å². The zero-order valence-electron chi connectivity index (χ0n) is 11.7. The van der Waals surface area contributed by atoms with Crippen LogP contribution in [0.1, 0.15) is 22.7 Å². The number of nitrogens with one attached hydrogen (secondary N) is 2. The molecule has 0 fully saturated rings. The molecule has 5 heteroatoms. The molecule has 0 bridgehead atoms. The van der Waals surface area contributed by atoms with Crippen LogP contribution in [0.4, 0.5) is 5.82 Å². The average molecular weight is 270 g/mol. The average Bonchev–Trinajstić information content (AvgIpc) is 2.76. The molecule has 0 spiro atoms. The van der Waals surface area contributed by atoms with Crippen molar-refractivity contribution in [1.82, 2.24) is 15.1 Å². The molecule has 3 rings (SSSR count). The first kappa shape index (κ1) is 12.9. The number of aromatic nitrogens is 2. The van der Waals surface area contributed by atoms with E-state index in [0.717, 1.165) is 23.6 Å². The van der Waals surface area contributed by atoms with Crippen LogP contribution in [0.15, 0.2) is 30.3 Å². The van der Waals surface area contributed by atoms with Crippen molar-refractivity contribution in [3.63, 3.8) is 0 Å². The second-order valence-electron chi connectivity index (χ2n) is 5.17. The Morgan fingerprint density at radius 1 is 1.45 bits per heavy atom. The number of amides is 1. The summed E-state index contributed by atoms with van der Waals surface area (Å²) in [5, 5.41) is 10.5. The van der Waals surface area contributed by atoms with Gasteiger partial charge >= 0.3 is 0 Å². The Balaban J connectivity index is 1.83. The van der Waals surface area contributed by atoms with Crippen LogP contribution in [0.3, 0.4) is 0 Å². The highest BCUT2D eigenvalue weighted by molar-refractivity contribution is 5.95. The summed E-state index contributed by atoms with van der Waals surface area (Å²) in [5.41, 5.74) is 3.20. The molecular weight excluding hydrogens is 252 g/mol. The minimum absolute atomic E-state index is 0.00708. The minimum atomic E-state index is -0.157. The summed E-state index contributed by atoms with van der Waals surface area (Å²) in [5.74, 6) is 0.582. The highest BCUT2D eigenvalue weighted by Gasteiger charge is 2.26. The van der Waals surface area contributed by atoms with E-state index >= 15 is 0 Å². The molecule has 1 aliphatic heterocycles. The number of hydrogen-bond donors (Lipinski definition) is 2. The van der Waals surface area contributed by atoms with Gasteiger partial charge in [0, 0.05) is 26.2 Å². The van der Waals surface area contributed by atoms with Crippen molar-refractivity contribution in [2.75, 3.05) is 11.9 Å². The molecule has 1 aromatic heterocycles. The largest absolute Gasteiger partial charge is 0.312 e. The predicted octanol–water partition coefficient (Wildman–Crippen LogP) is 1.55. The van der Waals surface area contributed by atoms with Gasteiger partial charge in [-0.3, -0.25) is 9.48 Å². The molecule has 1 atom stereocenters. The van der Waals surface area contributed by atoms with Crippen molar-refractivity contribution >= 4 is 11.7 Å². The molecule has 0 saturated carbocycles. The normalized spacial score (nSPS) is 17.6. The fourth-order valence-corrected chi connectivity index (χ4v) is 2.67. The van der Waals surface area contributed by atoms with Crippen molar-refractivity contribution in [3.05, 3.63) is 47.2 Å². The Kier molecular flexibility index (Phi) is 3.28. The Labute approximate surface area is 118 Å². The maximum absolute atomic E-state index is 12.5. The van der Waals surface area contributed by atoms with E-state index in [9.17, 15) is 4.79 Å². The van der Waals surface area contributed by atoms with Gasteiger partial charge in [0.15, 0.2) is 0 Å². The number of anilines is 1. The number of rotatable bonds is 2. The second kappa shape index (κ2) is 5.09. The quantitative estimate of drug-likeness (QED) is 0.870. The first-order valence-corrected chi connectivity index (χ1v) is 6.75. The van der Waals surface area contributed by atoms with E-state index < -0.39 is 0 Å². The van der Waals surface area contributed by atoms with Gasteiger partial charge < -0.3 is 10.6 Å². The predicted molar refractivity (Wildman–Crippen MR) is 77.5 cm³/mol. The topological polar surface area (TPSA) is 59.0 Å². The summed E-state index contributed by atoms with van der Waals surface area (Å²) >= 11 is 0. The number of nitrogens with zero attached hydrogens (tertiary/aromatic N) is 2. The lowest BCUT2D eigenvalue weighted by molar-refractivity contribution is -0.117. The van der Waals surface area contributed by atoms with Crippen LogP contribution in [0, 0.1) is 6.92 Å². The van der Waals surface area contributed by atoms with Gasteiger partial charge in [-0.2, -0.15) is 5.10 Å². The summed E-state index contributed by atoms with van der Waals surface area (Å²) < 4.78 is 1.69. The third kappa shape index (κ3) is 2.32. The summed E-state index contributed by atoms with van der Waals surface area (Å²) in [6.45, 7) is 3.40. The summed E-state index contributed by atoms with van der Waals surface area (Å²) in [6.07, 6.45) is 0. The Bertz CT molecular complexity index is 647. The minimum Gasteiger partial charge on any atom is -0.312 e. The van der Waals surface area contributed by atoms with Gasteiger partial charge in [0.2, 0.25) is 5.91 Å². The fourth-order valence-electron chi connectivity index (χ4n) is 2.67. The van der Waals surface area contributed by atoms with E-state index in [1.54, 1.807) is 4.68 Å². The van der Waals surface area contributed by atoms with Crippen LogP contribution in [-0.2, 0) is 18.4 Å². The SMILES string of the molecule is Cc1cc(NC(=O)C2CNCc3ccccc32)n(C)n1. The third-order valence-electron chi connectivity index (χ3n) is 3.66. The molecule has 1 aliphatic rings. The van der Waals surface area contributed by atoms with E-state index in [2.05, 4.69) is 21.8 Å². The highest BCUT2D eigenvalue weighted by atomic mass is 16.2. The van der Waals surface area contributed by atoms with Crippen molar-refractivity contribution in [1.29, 1.82) is 0 Å². The Hall–Kier alpha value is -2.14. The first-order valence-electron chi connectivity index (χ1n) is 6.75.